The van der Waals surface area contributed by atoms with E-state index in [1.54, 1.807) is 18.2 Å². The largest absolute Gasteiger partial charge is 0.398 e. The standard InChI is InChI=1S/C10H14BrN3O3S/c1-13-18(16,17)5-4-14-10(15)8-3-2-7(11)6-9(8)12/h2-3,6,13H,4-5,12H2,1H3,(H,14,15). The molecule has 4 N–H and O–H groups in total. The number of halogens is 1. The molecule has 0 unspecified atom stereocenters. The van der Waals surface area contributed by atoms with Crippen LogP contribution in [0.15, 0.2) is 22.7 Å². The number of anilines is 1. The molecule has 0 aromatic heterocycles. The number of benzene rings is 1. The van der Waals surface area contributed by atoms with Gasteiger partial charge in [0.1, 0.15) is 0 Å². The maximum Gasteiger partial charge on any atom is 0.253 e. The van der Waals surface area contributed by atoms with Gasteiger partial charge in [0.05, 0.1) is 11.3 Å². The van der Waals surface area contributed by atoms with Crippen molar-refractivity contribution in [3.05, 3.63) is 28.2 Å². The van der Waals surface area contributed by atoms with Gasteiger partial charge in [-0.3, -0.25) is 4.79 Å². The molecule has 100 valence electrons. The average molecular weight is 336 g/mol. The molecule has 1 aromatic carbocycles. The van der Waals surface area contributed by atoms with Gasteiger partial charge >= 0.3 is 0 Å². The SMILES string of the molecule is CNS(=O)(=O)CCNC(=O)c1ccc(Br)cc1N. The molecule has 0 saturated carbocycles. The van der Waals surface area contributed by atoms with Crippen molar-refractivity contribution in [1.82, 2.24) is 10.0 Å². The van der Waals surface area contributed by atoms with Crippen LogP contribution >= 0.6 is 15.9 Å². The van der Waals surface area contributed by atoms with Gasteiger partial charge in [0.2, 0.25) is 10.0 Å². The molecule has 0 radical (unpaired) electrons. The number of sulfonamides is 1. The highest BCUT2D eigenvalue weighted by atomic mass is 79.9. The molecule has 0 heterocycles. The van der Waals surface area contributed by atoms with E-state index in [4.69, 9.17) is 5.73 Å². The Hall–Kier alpha value is -1.12. The Morgan fingerprint density at radius 2 is 2.11 bits per heavy atom. The summed E-state index contributed by atoms with van der Waals surface area (Å²) in [6.07, 6.45) is 0. The van der Waals surface area contributed by atoms with Crippen LogP contribution in [0.1, 0.15) is 10.4 Å². The number of rotatable bonds is 5. The molecule has 0 atom stereocenters. The van der Waals surface area contributed by atoms with E-state index in [2.05, 4.69) is 26.0 Å². The maximum absolute atomic E-state index is 11.7. The summed E-state index contributed by atoms with van der Waals surface area (Å²) in [5.74, 6) is -0.572. The Bertz CT molecular complexity index is 545. The van der Waals surface area contributed by atoms with Crippen molar-refractivity contribution in [2.24, 2.45) is 0 Å². The summed E-state index contributed by atoms with van der Waals surface area (Å²) in [5, 5.41) is 2.50. The Kier molecular flexibility index (Phi) is 5.12. The lowest BCUT2D eigenvalue weighted by Crippen LogP contribution is -2.33. The van der Waals surface area contributed by atoms with Crippen LogP contribution in [-0.2, 0) is 10.0 Å². The normalized spacial score (nSPS) is 11.2. The smallest absolute Gasteiger partial charge is 0.253 e. The van der Waals surface area contributed by atoms with Crippen LogP contribution in [0.3, 0.4) is 0 Å². The fraction of sp³-hybridized carbons (Fsp3) is 0.300. The van der Waals surface area contributed by atoms with Crippen LogP contribution in [0.4, 0.5) is 5.69 Å². The number of nitrogens with one attached hydrogen (secondary N) is 2. The monoisotopic (exact) mass is 335 g/mol. The summed E-state index contributed by atoms with van der Waals surface area (Å²) in [6.45, 7) is 0.0253. The molecule has 0 fully saturated rings. The molecule has 8 heteroatoms. The van der Waals surface area contributed by atoms with Crippen molar-refractivity contribution >= 4 is 37.5 Å². The number of amides is 1. The lowest BCUT2D eigenvalue weighted by Gasteiger charge is -2.08. The van der Waals surface area contributed by atoms with Crippen LogP contribution in [-0.4, -0.2) is 33.7 Å². The highest BCUT2D eigenvalue weighted by molar-refractivity contribution is 9.10. The van der Waals surface area contributed by atoms with Crippen LogP contribution in [0.5, 0.6) is 0 Å². The quantitative estimate of drug-likeness (QED) is 0.674. The third kappa shape index (κ3) is 4.28. The highest BCUT2D eigenvalue weighted by Gasteiger charge is 2.11. The Morgan fingerprint density at radius 3 is 2.67 bits per heavy atom. The molecular formula is C10H14BrN3O3S. The Balaban J connectivity index is 2.61. The van der Waals surface area contributed by atoms with Gasteiger partial charge in [-0.25, -0.2) is 13.1 Å². The molecular weight excluding hydrogens is 322 g/mol. The second kappa shape index (κ2) is 6.17. The van der Waals surface area contributed by atoms with E-state index in [0.717, 1.165) is 4.47 Å². The van der Waals surface area contributed by atoms with Crippen LogP contribution < -0.4 is 15.8 Å². The summed E-state index contributed by atoms with van der Waals surface area (Å²) in [5.41, 5.74) is 6.34. The zero-order valence-corrected chi connectivity index (χ0v) is 12.1. The van der Waals surface area contributed by atoms with Crippen LogP contribution in [0.25, 0.3) is 0 Å². The fourth-order valence-corrected chi connectivity index (χ4v) is 2.19. The predicted octanol–water partition coefficient (Wildman–Crippen LogP) is 0.310. The molecule has 18 heavy (non-hydrogen) atoms. The van der Waals surface area contributed by atoms with Crippen molar-refractivity contribution < 1.29 is 13.2 Å². The summed E-state index contributed by atoms with van der Waals surface area (Å²) in [4.78, 5) is 11.7. The van der Waals surface area contributed by atoms with E-state index in [1.165, 1.54) is 7.05 Å². The molecule has 0 bridgehead atoms. The molecule has 0 saturated heterocycles. The van der Waals surface area contributed by atoms with E-state index in [9.17, 15) is 13.2 Å². The molecule has 1 aromatic rings. The molecule has 0 aliphatic carbocycles. The van der Waals surface area contributed by atoms with E-state index in [-0.39, 0.29) is 12.3 Å². The second-order valence-electron chi connectivity index (χ2n) is 3.51. The summed E-state index contributed by atoms with van der Waals surface area (Å²) >= 11 is 3.23. The van der Waals surface area contributed by atoms with Gasteiger partial charge in [0.15, 0.2) is 0 Å². The lowest BCUT2D eigenvalue weighted by molar-refractivity contribution is 0.0957. The first kappa shape index (κ1) is 14.9. The molecule has 6 nitrogen and oxygen atoms in total. The zero-order valence-electron chi connectivity index (χ0n) is 9.73. The van der Waals surface area contributed by atoms with Gasteiger partial charge in [0, 0.05) is 16.7 Å². The van der Waals surface area contributed by atoms with Crippen LogP contribution in [0.2, 0.25) is 0 Å². The van der Waals surface area contributed by atoms with Gasteiger partial charge in [-0.2, -0.15) is 0 Å². The number of nitrogens with two attached hydrogens (primary N) is 1. The number of carbonyl (C=O) groups is 1. The Labute approximate surface area is 114 Å². The molecule has 1 rings (SSSR count). The minimum Gasteiger partial charge on any atom is -0.398 e. The summed E-state index contributed by atoms with van der Waals surface area (Å²) < 4.78 is 25.2. The van der Waals surface area contributed by atoms with E-state index >= 15 is 0 Å². The number of hydrogen-bond donors (Lipinski definition) is 3. The van der Waals surface area contributed by atoms with Gasteiger partial charge in [-0.15, -0.1) is 0 Å². The summed E-state index contributed by atoms with van der Waals surface area (Å²) in [6, 6.07) is 4.87. The summed E-state index contributed by atoms with van der Waals surface area (Å²) in [7, 11) is -1.99. The number of carbonyl (C=O) groups excluding carboxylic acids is 1. The van der Waals surface area contributed by atoms with E-state index < -0.39 is 15.9 Å². The van der Waals surface area contributed by atoms with Crippen molar-refractivity contribution in [1.29, 1.82) is 0 Å². The first-order chi connectivity index (χ1) is 8.35. The Morgan fingerprint density at radius 1 is 1.44 bits per heavy atom. The third-order valence-electron chi connectivity index (χ3n) is 2.23. The molecule has 0 aliphatic rings. The number of hydrogen-bond acceptors (Lipinski definition) is 4. The predicted molar refractivity (Wildman–Crippen MR) is 73.7 cm³/mol. The van der Waals surface area contributed by atoms with E-state index in [0.29, 0.717) is 11.3 Å². The molecule has 1 amide bonds. The minimum absolute atomic E-state index is 0.0253. The van der Waals surface area contributed by atoms with Crippen molar-refractivity contribution in [3.63, 3.8) is 0 Å². The maximum atomic E-state index is 11.7. The third-order valence-corrected chi connectivity index (χ3v) is 4.08. The molecule has 0 aliphatic heterocycles. The fourth-order valence-electron chi connectivity index (χ4n) is 1.24. The topological polar surface area (TPSA) is 101 Å². The van der Waals surface area contributed by atoms with Gasteiger partial charge < -0.3 is 11.1 Å². The second-order valence-corrected chi connectivity index (χ2v) is 6.47. The average Bonchev–Trinajstić information content (AvgIpc) is 2.28. The number of nitrogen functional groups attached to an aromatic ring is 1. The zero-order chi connectivity index (χ0) is 13.8. The molecule has 0 spiro atoms. The first-order valence-electron chi connectivity index (χ1n) is 5.10. The minimum atomic E-state index is -3.32. The van der Waals surface area contributed by atoms with Crippen molar-refractivity contribution in [2.75, 3.05) is 25.1 Å². The van der Waals surface area contributed by atoms with Gasteiger partial charge in [0.25, 0.3) is 5.91 Å². The highest BCUT2D eigenvalue weighted by Crippen LogP contribution is 2.18. The van der Waals surface area contributed by atoms with Crippen LogP contribution in [0, 0.1) is 0 Å². The van der Waals surface area contributed by atoms with Crippen molar-refractivity contribution in [2.45, 2.75) is 0 Å². The first-order valence-corrected chi connectivity index (χ1v) is 7.54. The van der Waals surface area contributed by atoms with E-state index in [1.807, 2.05) is 0 Å². The van der Waals surface area contributed by atoms with Crippen molar-refractivity contribution in [3.8, 4) is 0 Å². The lowest BCUT2D eigenvalue weighted by atomic mass is 10.2. The van der Waals surface area contributed by atoms with Gasteiger partial charge in [-0.1, -0.05) is 15.9 Å². The van der Waals surface area contributed by atoms with Gasteiger partial charge in [-0.05, 0) is 25.2 Å².